The van der Waals surface area contributed by atoms with E-state index in [9.17, 15) is 4.79 Å². The molecule has 0 bridgehead atoms. The van der Waals surface area contributed by atoms with Crippen LogP contribution >= 0.6 is 11.6 Å². The predicted molar refractivity (Wildman–Crippen MR) is 77.8 cm³/mol. The lowest BCUT2D eigenvalue weighted by atomic mass is 9.83. The van der Waals surface area contributed by atoms with Crippen LogP contribution in [0.2, 0.25) is 5.02 Å². The average Bonchev–Trinajstić information content (AvgIpc) is 2.44. The molecule has 1 nitrogen and oxygen atoms in total. The van der Waals surface area contributed by atoms with Gasteiger partial charge in [-0.15, -0.1) is 0 Å². The molecule has 3 aromatic carbocycles. The van der Waals surface area contributed by atoms with E-state index in [1.54, 1.807) is 6.07 Å². The van der Waals surface area contributed by atoms with Gasteiger partial charge >= 0.3 is 0 Å². The predicted octanol–water partition coefficient (Wildman–Crippen LogP) is 4.70. The molecule has 0 atom stereocenters. The van der Waals surface area contributed by atoms with Crippen LogP contribution in [0.25, 0.3) is 21.9 Å². The van der Waals surface area contributed by atoms with E-state index in [1.165, 1.54) is 0 Å². The van der Waals surface area contributed by atoms with Crippen molar-refractivity contribution in [3.8, 4) is 11.1 Å². The van der Waals surface area contributed by atoms with Gasteiger partial charge < -0.3 is 0 Å². The Morgan fingerprint density at radius 2 is 1.47 bits per heavy atom. The van der Waals surface area contributed by atoms with Crippen molar-refractivity contribution in [1.29, 1.82) is 0 Å². The zero-order valence-corrected chi connectivity index (χ0v) is 10.7. The van der Waals surface area contributed by atoms with Crippen LogP contribution in [0.3, 0.4) is 0 Å². The van der Waals surface area contributed by atoms with Crippen LogP contribution < -0.4 is 0 Å². The number of benzene rings is 3. The molecule has 0 saturated heterocycles. The quantitative estimate of drug-likeness (QED) is 0.450. The number of ketones is 1. The Balaban J connectivity index is 2.27. The van der Waals surface area contributed by atoms with Crippen molar-refractivity contribution >= 4 is 28.2 Å². The van der Waals surface area contributed by atoms with Gasteiger partial charge in [0.05, 0.1) is 0 Å². The number of hydrogen-bond donors (Lipinski definition) is 0. The highest BCUT2D eigenvalue weighted by atomic mass is 35.5. The van der Waals surface area contributed by atoms with E-state index in [-0.39, 0.29) is 5.78 Å². The van der Waals surface area contributed by atoms with E-state index in [2.05, 4.69) is 6.07 Å². The fraction of sp³-hybridized carbons (Fsp3) is 0. The summed E-state index contributed by atoms with van der Waals surface area (Å²) in [7, 11) is 0. The first kappa shape index (κ1) is 10.8. The van der Waals surface area contributed by atoms with Crippen LogP contribution in [0, 0.1) is 0 Å². The second-order valence-electron chi connectivity index (χ2n) is 4.73. The lowest BCUT2D eigenvalue weighted by molar-refractivity contribution is 0.104. The largest absolute Gasteiger partial charge is 0.289 e. The lowest BCUT2D eigenvalue weighted by Gasteiger charge is -2.19. The normalized spacial score (nSPS) is 12.6. The minimum Gasteiger partial charge on any atom is -0.289 e. The molecular weight excluding hydrogens is 256 g/mol. The first-order valence-electron chi connectivity index (χ1n) is 6.12. The van der Waals surface area contributed by atoms with Crippen molar-refractivity contribution in [3.05, 3.63) is 70.7 Å². The molecule has 0 spiro atoms. The fourth-order valence-electron chi connectivity index (χ4n) is 2.86. The van der Waals surface area contributed by atoms with Crippen LogP contribution in [0.15, 0.2) is 54.6 Å². The number of carbonyl (C=O) groups is 1. The van der Waals surface area contributed by atoms with Crippen LogP contribution in [0.1, 0.15) is 15.9 Å². The molecule has 4 rings (SSSR count). The third kappa shape index (κ3) is 1.39. The Hall–Kier alpha value is -2.12. The molecule has 2 heteroatoms. The molecule has 3 aromatic rings. The maximum absolute atomic E-state index is 12.6. The molecule has 19 heavy (non-hydrogen) atoms. The highest BCUT2D eigenvalue weighted by Gasteiger charge is 2.24. The Morgan fingerprint density at radius 3 is 2.32 bits per heavy atom. The van der Waals surface area contributed by atoms with Crippen molar-refractivity contribution in [2.75, 3.05) is 0 Å². The summed E-state index contributed by atoms with van der Waals surface area (Å²) in [6.07, 6.45) is 0. The van der Waals surface area contributed by atoms with Crippen molar-refractivity contribution in [3.63, 3.8) is 0 Å². The number of hydrogen-bond acceptors (Lipinski definition) is 1. The van der Waals surface area contributed by atoms with Gasteiger partial charge in [0, 0.05) is 21.5 Å². The fourth-order valence-corrected chi connectivity index (χ4v) is 3.08. The van der Waals surface area contributed by atoms with E-state index < -0.39 is 0 Å². The molecule has 0 saturated carbocycles. The van der Waals surface area contributed by atoms with Gasteiger partial charge in [0.2, 0.25) is 0 Å². The van der Waals surface area contributed by atoms with Crippen LogP contribution in [0.5, 0.6) is 0 Å². The minimum atomic E-state index is 0.0572. The van der Waals surface area contributed by atoms with E-state index >= 15 is 0 Å². The van der Waals surface area contributed by atoms with Crippen molar-refractivity contribution in [1.82, 2.24) is 0 Å². The van der Waals surface area contributed by atoms with Crippen LogP contribution in [-0.4, -0.2) is 5.78 Å². The van der Waals surface area contributed by atoms with Crippen molar-refractivity contribution in [2.45, 2.75) is 0 Å². The molecule has 0 radical (unpaired) electrons. The molecule has 0 unspecified atom stereocenters. The van der Waals surface area contributed by atoms with Gasteiger partial charge in [-0.2, -0.15) is 0 Å². The van der Waals surface area contributed by atoms with Gasteiger partial charge in [0.1, 0.15) is 0 Å². The highest BCUT2D eigenvalue weighted by Crippen LogP contribution is 2.40. The molecule has 0 aliphatic heterocycles. The first-order chi connectivity index (χ1) is 9.25. The van der Waals surface area contributed by atoms with Crippen LogP contribution in [-0.2, 0) is 0 Å². The number of fused-ring (bicyclic) bond motifs is 2. The Bertz CT molecular complexity index is 849. The molecule has 1 aliphatic rings. The van der Waals surface area contributed by atoms with E-state index in [0.717, 1.165) is 27.5 Å². The van der Waals surface area contributed by atoms with Gasteiger partial charge in [-0.05, 0) is 28.6 Å². The van der Waals surface area contributed by atoms with E-state index in [4.69, 9.17) is 11.6 Å². The maximum atomic E-state index is 12.6. The minimum absolute atomic E-state index is 0.0572. The summed E-state index contributed by atoms with van der Waals surface area (Å²) in [4.78, 5) is 12.6. The van der Waals surface area contributed by atoms with E-state index in [0.29, 0.717) is 10.6 Å². The molecule has 1 aliphatic carbocycles. The van der Waals surface area contributed by atoms with Gasteiger partial charge in [-0.3, -0.25) is 4.79 Å². The first-order valence-corrected chi connectivity index (χ1v) is 6.50. The Kier molecular flexibility index (Phi) is 2.09. The van der Waals surface area contributed by atoms with Crippen LogP contribution in [0.4, 0.5) is 0 Å². The average molecular weight is 265 g/mol. The van der Waals surface area contributed by atoms with Gasteiger partial charge in [0.25, 0.3) is 0 Å². The number of carbonyl (C=O) groups excluding carboxylic acids is 1. The zero-order chi connectivity index (χ0) is 13.0. The highest BCUT2D eigenvalue weighted by molar-refractivity contribution is 6.34. The third-order valence-electron chi connectivity index (χ3n) is 3.65. The van der Waals surface area contributed by atoms with Crippen molar-refractivity contribution in [2.24, 2.45) is 0 Å². The second kappa shape index (κ2) is 3.69. The molecular formula is C17H9ClO. The SMILES string of the molecule is O=C1c2ccccc2-c2cccc3cc(Cl)cc1c23. The summed E-state index contributed by atoms with van der Waals surface area (Å²) >= 11 is 6.12. The molecule has 0 aromatic heterocycles. The summed E-state index contributed by atoms with van der Waals surface area (Å²) in [5.41, 5.74) is 3.58. The number of rotatable bonds is 0. The second-order valence-corrected chi connectivity index (χ2v) is 5.17. The summed E-state index contributed by atoms with van der Waals surface area (Å²) in [5.74, 6) is 0.0572. The Morgan fingerprint density at radius 1 is 0.737 bits per heavy atom. The Labute approximate surface area is 115 Å². The molecule has 0 N–H and O–H groups in total. The van der Waals surface area contributed by atoms with Gasteiger partial charge in [-0.25, -0.2) is 0 Å². The molecule has 90 valence electrons. The van der Waals surface area contributed by atoms with Gasteiger partial charge in [-0.1, -0.05) is 54.1 Å². The molecule has 0 amide bonds. The molecule has 0 heterocycles. The zero-order valence-electron chi connectivity index (χ0n) is 9.98. The smallest absolute Gasteiger partial charge is 0.194 e. The summed E-state index contributed by atoms with van der Waals surface area (Å²) in [5, 5.41) is 2.63. The number of halogens is 1. The van der Waals surface area contributed by atoms with Gasteiger partial charge in [0.15, 0.2) is 5.78 Å². The standard InChI is InChI=1S/C17H9ClO/c18-11-8-10-4-3-7-13-12-5-1-2-6-14(12)17(19)15(9-11)16(10)13/h1-9H. The summed E-state index contributed by atoms with van der Waals surface area (Å²) in [6, 6.07) is 17.5. The lowest BCUT2D eigenvalue weighted by Crippen LogP contribution is -2.09. The van der Waals surface area contributed by atoms with E-state index in [1.807, 2.05) is 42.5 Å². The summed E-state index contributed by atoms with van der Waals surface area (Å²) < 4.78 is 0. The van der Waals surface area contributed by atoms with Crippen molar-refractivity contribution < 1.29 is 4.79 Å². The molecule has 0 fully saturated rings. The summed E-state index contributed by atoms with van der Waals surface area (Å²) in [6.45, 7) is 0. The monoisotopic (exact) mass is 264 g/mol. The topological polar surface area (TPSA) is 17.1 Å². The third-order valence-corrected chi connectivity index (χ3v) is 3.87. The maximum Gasteiger partial charge on any atom is 0.194 e.